The van der Waals surface area contributed by atoms with E-state index in [4.69, 9.17) is 0 Å². The molecule has 2 aliphatic rings. The molecular weight excluding hydrogens is 168 g/mol. The monoisotopic (exact) mass is 180 g/mol. The first-order chi connectivity index (χ1) is 6.31. The van der Waals surface area contributed by atoms with Gasteiger partial charge in [0, 0.05) is 11.6 Å². The molecule has 4 heteroatoms. The third-order valence-corrected chi connectivity index (χ3v) is 2.64. The predicted octanol–water partition coefficient (Wildman–Crippen LogP) is 1.29. The van der Waals surface area contributed by atoms with Crippen LogP contribution in [0.15, 0.2) is 17.3 Å². The molecular formula is C9H12N2O2. The Labute approximate surface area is 76.6 Å². The van der Waals surface area contributed by atoms with Crippen LogP contribution in [-0.2, 0) is 4.74 Å². The molecule has 70 valence electrons. The van der Waals surface area contributed by atoms with Crippen molar-refractivity contribution in [3.05, 3.63) is 12.2 Å². The zero-order valence-corrected chi connectivity index (χ0v) is 7.49. The van der Waals surface area contributed by atoms with Gasteiger partial charge in [0.2, 0.25) is 0 Å². The summed E-state index contributed by atoms with van der Waals surface area (Å²) in [6.07, 6.45) is 5.94. The summed E-state index contributed by atoms with van der Waals surface area (Å²) in [6.45, 7) is 0. The molecule has 1 amide bonds. The maximum absolute atomic E-state index is 10.7. The number of ether oxygens (including phenoxy) is 1. The summed E-state index contributed by atoms with van der Waals surface area (Å²) in [5.74, 6) is 1.20. The van der Waals surface area contributed by atoms with Crippen LogP contribution in [0.4, 0.5) is 4.79 Å². The van der Waals surface area contributed by atoms with E-state index in [2.05, 4.69) is 27.4 Å². The standard InChI is InChI=1S/C9H12N2O2/c1-13-9(12)11-10-8-5-6-3-2-4-7(6)8/h2-3,6-7H,4-5H2,1H3,(H,11,12). The fraction of sp³-hybridized carbons (Fsp3) is 0.556. The Balaban J connectivity index is 1.86. The molecule has 0 saturated heterocycles. The molecule has 1 N–H and O–H groups in total. The minimum absolute atomic E-state index is 0.498. The number of amides is 1. The number of methoxy groups -OCH3 is 1. The Bertz CT molecular complexity index is 283. The molecule has 4 nitrogen and oxygen atoms in total. The van der Waals surface area contributed by atoms with E-state index in [1.165, 1.54) is 7.11 Å². The maximum Gasteiger partial charge on any atom is 0.427 e. The highest BCUT2D eigenvalue weighted by atomic mass is 16.5. The number of nitrogens with one attached hydrogen (secondary N) is 1. The first kappa shape index (κ1) is 8.29. The number of hydrazone groups is 1. The van der Waals surface area contributed by atoms with Gasteiger partial charge in [0.15, 0.2) is 0 Å². The molecule has 2 atom stereocenters. The minimum atomic E-state index is -0.498. The van der Waals surface area contributed by atoms with E-state index in [1.807, 2.05) is 0 Å². The van der Waals surface area contributed by atoms with Crippen LogP contribution in [0.25, 0.3) is 0 Å². The Kier molecular flexibility index (Phi) is 2.04. The van der Waals surface area contributed by atoms with Crippen molar-refractivity contribution in [1.29, 1.82) is 0 Å². The van der Waals surface area contributed by atoms with E-state index in [0.29, 0.717) is 11.8 Å². The van der Waals surface area contributed by atoms with Crippen LogP contribution >= 0.6 is 0 Å². The highest BCUT2D eigenvalue weighted by Crippen LogP contribution is 2.39. The van der Waals surface area contributed by atoms with Gasteiger partial charge < -0.3 is 4.74 Å². The van der Waals surface area contributed by atoms with Crippen LogP contribution in [0.1, 0.15) is 12.8 Å². The molecule has 0 heterocycles. The second kappa shape index (κ2) is 3.20. The lowest BCUT2D eigenvalue weighted by atomic mass is 9.74. The first-order valence-electron chi connectivity index (χ1n) is 4.38. The van der Waals surface area contributed by atoms with Gasteiger partial charge in [0.1, 0.15) is 0 Å². The summed E-state index contributed by atoms with van der Waals surface area (Å²) in [5.41, 5.74) is 3.43. The lowest BCUT2D eigenvalue weighted by molar-refractivity contribution is 0.171. The number of hydrogen-bond acceptors (Lipinski definition) is 3. The summed E-state index contributed by atoms with van der Waals surface area (Å²) < 4.78 is 4.41. The van der Waals surface area contributed by atoms with Crippen molar-refractivity contribution in [3.63, 3.8) is 0 Å². The van der Waals surface area contributed by atoms with Crippen molar-refractivity contribution in [2.75, 3.05) is 7.11 Å². The van der Waals surface area contributed by atoms with Crippen molar-refractivity contribution < 1.29 is 9.53 Å². The van der Waals surface area contributed by atoms with Gasteiger partial charge in [-0.2, -0.15) is 5.10 Å². The van der Waals surface area contributed by atoms with E-state index in [9.17, 15) is 4.79 Å². The van der Waals surface area contributed by atoms with Gasteiger partial charge in [-0.15, -0.1) is 0 Å². The van der Waals surface area contributed by atoms with E-state index in [-0.39, 0.29) is 0 Å². The Morgan fingerprint density at radius 3 is 3.31 bits per heavy atom. The Morgan fingerprint density at radius 2 is 2.62 bits per heavy atom. The van der Waals surface area contributed by atoms with Crippen molar-refractivity contribution in [3.8, 4) is 0 Å². The van der Waals surface area contributed by atoms with Crippen LogP contribution < -0.4 is 5.43 Å². The van der Waals surface area contributed by atoms with E-state index < -0.39 is 6.09 Å². The molecule has 2 rings (SSSR count). The molecule has 0 aromatic rings. The summed E-state index contributed by atoms with van der Waals surface area (Å²) in [5, 5.41) is 4.00. The fourth-order valence-electron chi connectivity index (χ4n) is 1.83. The topological polar surface area (TPSA) is 50.7 Å². The second-order valence-corrected chi connectivity index (χ2v) is 3.34. The van der Waals surface area contributed by atoms with Crippen molar-refractivity contribution in [1.82, 2.24) is 5.43 Å². The van der Waals surface area contributed by atoms with Crippen molar-refractivity contribution in [2.45, 2.75) is 12.8 Å². The lowest BCUT2D eigenvalue weighted by Gasteiger charge is -2.31. The van der Waals surface area contributed by atoms with Gasteiger partial charge in [-0.25, -0.2) is 10.2 Å². The Hall–Kier alpha value is -1.32. The predicted molar refractivity (Wildman–Crippen MR) is 48.3 cm³/mol. The van der Waals surface area contributed by atoms with Gasteiger partial charge >= 0.3 is 6.09 Å². The maximum atomic E-state index is 10.7. The quantitative estimate of drug-likeness (QED) is 0.488. The highest BCUT2D eigenvalue weighted by molar-refractivity contribution is 5.94. The average molecular weight is 180 g/mol. The molecule has 0 aromatic heterocycles. The molecule has 0 aromatic carbocycles. The zero-order valence-electron chi connectivity index (χ0n) is 7.49. The number of hydrogen-bond donors (Lipinski definition) is 1. The number of carbonyl (C=O) groups excluding carboxylic acids is 1. The third-order valence-electron chi connectivity index (χ3n) is 2.64. The summed E-state index contributed by atoms with van der Waals surface area (Å²) >= 11 is 0. The average Bonchev–Trinajstić information content (AvgIpc) is 2.47. The molecule has 2 aliphatic carbocycles. The van der Waals surface area contributed by atoms with Crippen molar-refractivity contribution in [2.24, 2.45) is 16.9 Å². The lowest BCUT2D eigenvalue weighted by Crippen LogP contribution is -2.35. The minimum Gasteiger partial charge on any atom is -0.452 e. The molecule has 2 unspecified atom stereocenters. The van der Waals surface area contributed by atoms with E-state index >= 15 is 0 Å². The van der Waals surface area contributed by atoms with Crippen LogP contribution in [0.2, 0.25) is 0 Å². The number of fused-ring (bicyclic) bond motifs is 1. The third kappa shape index (κ3) is 1.43. The number of nitrogens with zero attached hydrogens (tertiary/aromatic N) is 1. The number of allylic oxidation sites excluding steroid dienone is 2. The smallest absolute Gasteiger partial charge is 0.427 e. The van der Waals surface area contributed by atoms with Crippen molar-refractivity contribution >= 4 is 11.8 Å². The molecule has 1 saturated carbocycles. The van der Waals surface area contributed by atoms with Gasteiger partial charge in [0.05, 0.1) is 7.11 Å². The summed E-state index contributed by atoms with van der Waals surface area (Å²) in [6, 6.07) is 0. The second-order valence-electron chi connectivity index (χ2n) is 3.34. The van der Waals surface area contributed by atoms with Crippen LogP contribution in [0, 0.1) is 11.8 Å². The first-order valence-corrected chi connectivity index (χ1v) is 4.38. The van der Waals surface area contributed by atoms with Gasteiger partial charge in [0.25, 0.3) is 0 Å². The van der Waals surface area contributed by atoms with Gasteiger partial charge in [-0.05, 0) is 18.8 Å². The Morgan fingerprint density at radius 1 is 1.77 bits per heavy atom. The fourth-order valence-corrected chi connectivity index (χ4v) is 1.83. The van der Waals surface area contributed by atoms with Gasteiger partial charge in [-0.1, -0.05) is 12.2 Å². The molecule has 0 radical (unpaired) electrons. The highest BCUT2D eigenvalue weighted by Gasteiger charge is 2.37. The number of carbonyl (C=O) groups is 1. The normalized spacial score (nSPS) is 32.5. The molecule has 0 aliphatic heterocycles. The largest absolute Gasteiger partial charge is 0.452 e. The molecule has 0 spiro atoms. The molecule has 0 bridgehead atoms. The van der Waals surface area contributed by atoms with Crippen LogP contribution in [0.3, 0.4) is 0 Å². The molecule has 13 heavy (non-hydrogen) atoms. The zero-order chi connectivity index (χ0) is 9.26. The van der Waals surface area contributed by atoms with Gasteiger partial charge in [-0.3, -0.25) is 0 Å². The SMILES string of the molecule is COC(=O)NN=C1CC2C=CCC12. The van der Waals surface area contributed by atoms with E-state index in [1.54, 1.807) is 0 Å². The molecule has 1 fully saturated rings. The summed E-state index contributed by atoms with van der Waals surface area (Å²) in [7, 11) is 1.33. The summed E-state index contributed by atoms with van der Waals surface area (Å²) in [4.78, 5) is 10.7. The van der Waals surface area contributed by atoms with Crippen LogP contribution in [0.5, 0.6) is 0 Å². The number of rotatable bonds is 1. The van der Waals surface area contributed by atoms with Crippen LogP contribution in [-0.4, -0.2) is 18.9 Å². The van der Waals surface area contributed by atoms with E-state index in [0.717, 1.165) is 18.6 Å².